The van der Waals surface area contributed by atoms with Crippen LogP contribution in [-0.2, 0) is 9.53 Å². The van der Waals surface area contributed by atoms with Crippen molar-refractivity contribution >= 4 is 33.7 Å². The number of aromatic nitrogens is 2. The van der Waals surface area contributed by atoms with Crippen molar-refractivity contribution in [3.05, 3.63) is 28.7 Å². The molecule has 0 aliphatic rings. The summed E-state index contributed by atoms with van der Waals surface area (Å²) >= 11 is 4.82. The summed E-state index contributed by atoms with van der Waals surface area (Å²) in [5.41, 5.74) is 0.879. The fraction of sp³-hybridized carbons (Fsp3) is 0.357. The van der Waals surface area contributed by atoms with E-state index in [9.17, 15) is 4.79 Å². The number of ether oxygens (including phenoxy) is 1. The second kappa shape index (κ2) is 8.19. The minimum atomic E-state index is -0.167. The number of hydrogen-bond donors (Lipinski definition) is 0. The summed E-state index contributed by atoms with van der Waals surface area (Å²) < 4.78 is 11.4. The third-order valence-corrected chi connectivity index (χ3v) is 3.99. The second-order valence-electron chi connectivity index (χ2n) is 4.14. The normalized spacial score (nSPS) is 10.6. The lowest BCUT2D eigenvalue weighted by atomic mass is 10.2. The Kier molecular flexibility index (Phi) is 6.25. The highest BCUT2D eigenvalue weighted by Gasteiger charge is 2.09. The highest BCUT2D eigenvalue weighted by Crippen LogP contribution is 2.24. The van der Waals surface area contributed by atoms with Gasteiger partial charge in [-0.2, -0.15) is 0 Å². The largest absolute Gasteiger partial charge is 0.466 e. The lowest BCUT2D eigenvalue weighted by Gasteiger charge is -1.99. The number of hydrogen-bond acceptors (Lipinski definition) is 6. The van der Waals surface area contributed by atoms with Gasteiger partial charge >= 0.3 is 5.97 Å². The fourth-order valence-corrected chi connectivity index (χ4v) is 2.55. The van der Waals surface area contributed by atoms with E-state index >= 15 is 0 Å². The van der Waals surface area contributed by atoms with Gasteiger partial charge in [0.25, 0.3) is 5.22 Å². The number of rotatable bonds is 7. The maximum absolute atomic E-state index is 11.2. The molecule has 0 radical (unpaired) electrons. The Labute approximate surface area is 135 Å². The van der Waals surface area contributed by atoms with E-state index in [0.717, 1.165) is 22.2 Å². The SMILES string of the molecule is CCOC(=O)CCCSc1nnc(-c2ccc(Br)cc2)o1. The molecule has 5 nitrogen and oxygen atoms in total. The van der Waals surface area contributed by atoms with E-state index in [1.165, 1.54) is 11.8 Å². The Morgan fingerprint density at radius 2 is 2.10 bits per heavy atom. The molecular formula is C14H15BrN2O3S. The molecule has 2 aromatic rings. The summed E-state index contributed by atoms with van der Waals surface area (Å²) in [5.74, 6) is 1.07. The Morgan fingerprint density at radius 1 is 1.33 bits per heavy atom. The van der Waals surface area contributed by atoms with Gasteiger partial charge < -0.3 is 9.15 Å². The molecular weight excluding hydrogens is 356 g/mol. The van der Waals surface area contributed by atoms with Gasteiger partial charge in [-0.15, -0.1) is 10.2 Å². The molecule has 112 valence electrons. The summed E-state index contributed by atoms with van der Waals surface area (Å²) in [4.78, 5) is 11.2. The van der Waals surface area contributed by atoms with E-state index < -0.39 is 0 Å². The van der Waals surface area contributed by atoms with Gasteiger partial charge in [-0.1, -0.05) is 27.7 Å². The third-order valence-electron chi connectivity index (χ3n) is 2.55. The van der Waals surface area contributed by atoms with Gasteiger partial charge in [-0.05, 0) is 37.6 Å². The van der Waals surface area contributed by atoms with Gasteiger partial charge in [-0.3, -0.25) is 4.79 Å². The summed E-state index contributed by atoms with van der Waals surface area (Å²) in [6, 6.07) is 7.66. The minimum absolute atomic E-state index is 0.167. The Bertz CT molecular complexity index is 586. The van der Waals surface area contributed by atoms with Crippen LogP contribution in [0.3, 0.4) is 0 Å². The van der Waals surface area contributed by atoms with Crippen molar-refractivity contribution < 1.29 is 13.9 Å². The molecule has 0 aliphatic heterocycles. The lowest BCUT2D eigenvalue weighted by Crippen LogP contribution is -2.03. The van der Waals surface area contributed by atoms with Crippen LogP contribution in [0, 0.1) is 0 Å². The minimum Gasteiger partial charge on any atom is -0.466 e. The molecule has 0 unspecified atom stereocenters. The van der Waals surface area contributed by atoms with E-state index in [2.05, 4.69) is 26.1 Å². The highest BCUT2D eigenvalue weighted by atomic mass is 79.9. The molecule has 0 aliphatic carbocycles. The van der Waals surface area contributed by atoms with Crippen molar-refractivity contribution in [3.8, 4) is 11.5 Å². The monoisotopic (exact) mass is 370 g/mol. The zero-order valence-electron chi connectivity index (χ0n) is 11.5. The van der Waals surface area contributed by atoms with E-state index in [1.807, 2.05) is 24.3 Å². The molecule has 1 aromatic carbocycles. The molecule has 0 spiro atoms. The van der Waals surface area contributed by atoms with Crippen LogP contribution in [0.5, 0.6) is 0 Å². The number of esters is 1. The standard InChI is InChI=1S/C14H15BrN2O3S/c1-2-19-12(18)4-3-9-21-14-17-16-13(20-14)10-5-7-11(15)8-6-10/h5-8H,2-4,9H2,1H3. The molecule has 0 atom stereocenters. The molecule has 0 fully saturated rings. The van der Waals surface area contributed by atoms with Crippen LogP contribution in [0.2, 0.25) is 0 Å². The predicted octanol–water partition coefficient (Wildman–Crippen LogP) is 3.93. The van der Waals surface area contributed by atoms with E-state index in [4.69, 9.17) is 9.15 Å². The maximum Gasteiger partial charge on any atom is 0.305 e. The molecule has 0 bridgehead atoms. The molecule has 2 rings (SSSR count). The third kappa shape index (κ3) is 5.17. The Hall–Kier alpha value is -1.34. The summed E-state index contributed by atoms with van der Waals surface area (Å²) in [6.07, 6.45) is 1.13. The predicted molar refractivity (Wildman–Crippen MR) is 84.0 cm³/mol. The van der Waals surface area contributed by atoms with Crippen LogP contribution in [0.1, 0.15) is 19.8 Å². The zero-order valence-corrected chi connectivity index (χ0v) is 13.9. The number of carbonyl (C=O) groups is 1. The van der Waals surface area contributed by atoms with Crippen LogP contribution < -0.4 is 0 Å². The smallest absolute Gasteiger partial charge is 0.305 e. The molecule has 21 heavy (non-hydrogen) atoms. The average Bonchev–Trinajstić information content (AvgIpc) is 2.93. The summed E-state index contributed by atoms with van der Waals surface area (Å²) in [6.45, 7) is 2.22. The first-order valence-corrected chi connectivity index (χ1v) is 8.34. The van der Waals surface area contributed by atoms with Crippen molar-refractivity contribution in [3.63, 3.8) is 0 Å². The maximum atomic E-state index is 11.2. The molecule has 1 aromatic heterocycles. The quantitative estimate of drug-likeness (QED) is 0.417. The van der Waals surface area contributed by atoms with Crippen LogP contribution in [0.4, 0.5) is 0 Å². The van der Waals surface area contributed by atoms with Gasteiger partial charge in [0.15, 0.2) is 0 Å². The molecule has 0 amide bonds. The Balaban J connectivity index is 1.81. The van der Waals surface area contributed by atoms with E-state index in [1.54, 1.807) is 6.92 Å². The summed E-state index contributed by atoms with van der Waals surface area (Å²) in [5, 5.41) is 8.51. The highest BCUT2D eigenvalue weighted by molar-refractivity contribution is 9.10. The van der Waals surface area contributed by atoms with Crippen molar-refractivity contribution in [2.75, 3.05) is 12.4 Å². The van der Waals surface area contributed by atoms with Gasteiger partial charge in [0.05, 0.1) is 6.61 Å². The van der Waals surface area contributed by atoms with Crippen LogP contribution in [-0.4, -0.2) is 28.5 Å². The van der Waals surface area contributed by atoms with Crippen molar-refractivity contribution in [2.24, 2.45) is 0 Å². The van der Waals surface area contributed by atoms with Crippen molar-refractivity contribution in [1.82, 2.24) is 10.2 Å². The number of nitrogens with zero attached hydrogens (tertiary/aromatic N) is 2. The topological polar surface area (TPSA) is 65.2 Å². The van der Waals surface area contributed by atoms with Gasteiger partial charge in [-0.25, -0.2) is 0 Å². The van der Waals surface area contributed by atoms with Crippen LogP contribution in [0.15, 0.2) is 38.4 Å². The first-order valence-electron chi connectivity index (χ1n) is 6.57. The molecule has 1 heterocycles. The second-order valence-corrected chi connectivity index (χ2v) is 6.10. The first kappa shape index (κ1) is 16.0. The molecule has 0 saturated heterocycles. The van der Waals surface area contributed by atoms with Gasteiger partial charge in [0, 0.05) is 22.2 Å². The first-order chi connectivity index (χ1) is 10.2. The zero-order chi connectivity index (χ0) is 15.1. The van der Waals surface area contributed by atoms with Crippen molar-refractivity contribution in [2.45, 2.75) is 25.0 Å². The number of benzene rings is 1. The molecule has 0 N–H and O–H groups in total. The van der Waals surface area contributed by atoms with Crippen LogP contribution >= 0.6 is 27.7 Å². The van der Waals surface area contributed by atoms with E-state index in [0.29, 0.717) is 24.1 Å². The molecule has 0 saturated carbocycles. The summed E-state index contributed by atoms with van der Waals surface area (Å²) in [7, 11) is 0. The molecule has 7 heteroatoms. The fourth-order valence-electron chi connectivity index (χ4n) is 1.59. The van der Waals surface area contributed by atoms with Gasteiger partial charge in [0.1, 0.15) is 0 Å². The number of thioether (sulfide) groups is 1. The van der Waals surface area contributed by atoms with Crippen molar-refractivity contribution in [1.29, 1.82) is 0 Å². The van der Waals surface area contributed by atoms with Gasteiger partial charge in [0.2, 0.25) is 5.89 Å². The Morgan fingerprint density at radius 3 is 2.81 bits per heavy atom. The van der Waals surface area contributed by atoms with Crippen LogP contribution in [0.25, 0.3) is 11.5 Å². The lowest BCUT2D eigenvalue weighted by molar-refractivity contribution is -0.143. The van der Waals surface area contributed by atoms with E-state index in [-0.39, 0.29) is 5.97 Å². The average molecular weight is 371 g/mol. The number of carbonyl (C=O) groups excluding carboxylic acids is 1. The number of halogens is 1.